The van der Waals surface area contributed by atoms with Crippen molar-refractivity contribution in [3.63, 3.8) is 0 Å². The zero-order valence-electron chi connectivity index (χ0n) is 73.6. The van der Waals surface area contributed by atoms with Gasteiger partial charge in [-0.1, -0.05) is 86.9 Å². The second-order valence-electron chi connectivity index (χ2n) is 32.8. The maximum atomic E-state index is 14.2. The van der Waals surface area contributed by atoms with Crippen molar-refractivity contribution in [2.45, 2.75) is 186 Å². The number of unbranched alkanes of at least 4 members (excludes halogenated alkanes) is 2. The van der Waals surface area contributed by atoms with Gasteiger partial charge >= 0.3 is 17.9 Å². The molecule has 11 atom stereocenters. The number of ketones is 1. The summed E-state index contributed by atoms with van der Waals surface area (Å²) in [5.41, 5.74) is 4.46. The molecule has 0 spiro atoms. The summed E-state index contributed by atoms with van der Waals surface area (Å²) < 4.78 is 8.38. The number of anilines is 1. The number of hydrogen-bond acceptors (Lipinski definition) is 23. The molecule has 4 aliphatic rings. The molecule has 0 bridgehead atoms. The van der Waals surface area contributed by atoms with Crippen molar-refractivity contribution in [2.75, 3.05) is 71.3 Å². The molecule has 3 aliphatic heterocycles. The van der Waals surface area contributed by atoms with E-state index in [0.717, 1.165) is 52.9 Å². The molecule has 39 heteroatoms. The number of phenolic OH excluding ortho intramolecular Hbond substituents is 2. The molecule has 0 radical (unpaired) electrons. The minimum Gasteiger partial charge on any atom is -0.508 e. The lowest BCUT2D eigenvalue weighted by molar-refractivity contribution is -0.141. The van der Waals surface area contributed by atoms with Crippen molar-refractivity contribution in [2.24, 2.45) is 17.8 Å². The highest BCUT2D eigenvalue weighted by Gasteiger charge is 2.40. The number of hydrogen-bond donors (Lipinski definition) is 17. The van der Waals surface area contributed by atoms with E-state index in [1.54, 1.807) is 31.9 Å². The smallest absolute Gasteiger partial charge is 0.336 e. The molecule has 2 fully saturated rings. The Hall–Kier alpha value is -12.7. The van der Waals surface area contributed by atoms with Crippen LogP contribution in [0.15, 0.2) is 108 Å². The first kappa shape index (κ1) is 102. The summed E-state index contributed by atoms with van der Waals surface area (Å²) in [4.78, 5) is 214. The minimum atomic E-state index is -1.76. The summed E-state index contributed by atoms with van der Waals surface area (Å²) in [6.07, 6.45) is 0.0737. The Morgan fingerprint density at radius 2 is 1.24 bits per heavy atom. The van der Waals surface area contributed by atoms with Crippen LogP contribution in [0.1, 0.15) is 145 Å². The lowest BCUT2D eigenvalue weighted by Crippen LogP contribution is -2.61. The van der Waals surface area contributed by atoms with Crippen LogP contribution in [0.4, 0.5) is 5.69 Å². The Labute approximate surface area is 748 Å². The average molecular weight is 1820 g/mol. The molecule has 17 N–H and O–H groups in total. The van der Waals surface area contributed by atoms with Gasteiger partial charge in [0, 0.05) is 111 Å². The van der Waals surface area contributed by atoms with Crippen LogP contribution in [0.3, 0.4) is 0 Å². The second kappa shape index (κ2) is 48.9. The summed E-state index contributed by atoms with van der Waals surface area (Å²) in [7, 11) is 11.3. The van der Waals surface area contributed by atoms with Gasteiger partial charge in [-0.2, -0.15) is 0 Å². The number of benzene rings is 5. The standard InChI is InChI=1S/C46H62N8O16S2.C43H54N6O7/c1-22(2)14-31(42(66)48-30(24(4)55)17-37(60)61)50-45(69)35-21-72-71-20-23(3)40(64)49-34(18-38(62)63)44(68)52-33(16-27-8-12-29(58)13-9-27)43(67)51-32(15-26-6-10-28(57)11-7-26)41(65)47-19-36(59)54-39(25(5)56)46(70)53-35;1-26(2)22-34(42(53)49-21-11-12-35(49)41(52)44-3)46-38(50)13-9-8-10-20-45-40(51)27-14-17-30(43(54)55)33(23-27)39-31-18-15-28(47(4)5)24-36(31)56-37-25-29(48(6)7)16-19-32(37)39/h6-13,22-23,25,30-35,39,56-58H,14-21H2,1-5H3,(H,47,65)(H,48,66)(H,49,64)(H,50,69)(H,51,67)(H,52,68)(H,53,70)(H,54,59)(H,60,61)(H,62,63);14-19,23-26,34-35H,8-13,20-22H2,1-7H3,(H3-,44,45,46,50,51,52,54,55)/p+1/t23-,25?,30-,31-,32-,33-,34-,35-,39-;34-,35-/m00/s1. The van der Waals surface area contributed by atoms with Crippen LogP contribution in [0.5, 0.6) is 11.5 Å². The molecule has 12 amide bonds. The molecule has 4 aromatic carbocycles. The fourth-order valence-corrected chi connectivity index (χ4v) is 16.7. The number of aromatic hydroxyl groups is 2. The molecule has 37 nitrogen and oxygen atoms in total. The largest absolute Gasteiger partial charge is 0.508 e. The van der Waals surface area contributed by atoms with Gasteiger partial charge in [-0.3, -0.25) is 71.9 Å². The van der Waals surface area contributed by atoms with Gasteiger partial charge in [0.1, 0.15) is 85.3 Å². The SMILES string of the molecule is CC(=O)[C@H](CC(=O)O)NC(=O)[C@H](CC(C)C)NC(=O)[C@@H]1CSSC[C@H](C)C(=O)N[C@@H](CC(=O)O)C(=O)N[C@@H](Cc2ccc(O)cc2)C(=O)N[C@@H](Cc2ccc(O)cc2)C(=O)NCC(=O)N[C@@H](C(C)O)C(=O)N1.CNC(=O)[C@@H]1CCCN1C(=O)[C@H](CC(C)C)NC(=O)CCCCCNC(=O)c1ccc(C(=O)O)c(-c2c3ccc(=[N+](C)C)cc-3oc3cc(N(C)C)ccc23)c1. The molecule has 1 aliphatic carbocycles. The van der Waals surface area contributed by atoms with Crippen molar-refractivity contribution in [1.82, 2.24) is 68.0 Å². The third-order valence-electron chi connectivity index (χ3n) is 21.1. The predicted molar refractivity (Wildman–Crippen MR) is 478 cm³/mol. The quantitative estimate of drug-likeness (QED) is 0.0129. The van der Waals surface area contributed by atoms with Gasteiger partial charge in [0.05, 0.1) is 43.2 Å². The number of likely N-dealkylation sites (N-methyl/N-ethyl adjacent to an activating group) is 1. The number of carbonyl (C=O) groups is 16. The zero-order valence-corrected chi connectivity index (χ0v) is 75.3. The summed E-state index contributed by atoms with van der Waals surface area (Å²) >= 11 is 0. The van der Waals surface area contributed by atoms with E-state index in [1.807, 2.05) is 87.9 Å². The normalized spacial score (nSPS) is 19.0. The van der Waals surface area contributed by atoms with Crippen LogP contribution in [-0.2, 0) is 80.0 Å². The lowest BCUT2D eigenvalue weighted by Gasteiger charge is -2.29. The lowest BCUT2D eigenvalue weighted by atomic mass is 9.89. The highest BCUT2D eigenvalue weighted by Crippen LogP contribution is 2.43. The molecule has 2 saturated heterocycles. The molecular weight excluding hydrogens is 1700 g/mol. The molecule has 0 saturated carbocycles. The van der Waals surface area contributed by atoms with E-state index in [1.165, 1.54) is 67.6 Å². The van der Waals surface area contributed by atoms with Crippen LogP contribution in [0.25, 0.3) is 33.4 Å². The highest BCUT2D eigenvalue weighted by atomic mass is 33.1. The zero-order chi connectivity index (χ0) is 94.5. The van der Waals surface area contributed by atoms with Crippen LogP contribution in [0, 0.1) is 17.8 Å². The van der Waals surface area contributed by atoms with Crippen LogP contribution in [0.2, 0.25) is 0 Å². The van der Waals surface area contributed by atoms with E-state index < -0.39 is 157 Å². The Bertz CT molecular complexity index is 5060. The minimum absolute atomic E-state index is 0.0119. The van der Waals surface area contributed by atoms with Gasteiger partial charge in [-0.05, 0) is 142 Å². The summed E-state index contributed by atoms with van der Waals surface area (Å²) in [5, 5.41) is 89.3. The van der Waals surface area contributed by atoms with E-state index in [-0.39, 0.29) is 89.7 Å². The number of carbonyl (C=O) groups excluding carboxylic acids is 13. The Morgan fingerprint density at radius 1 is 0.633 bits per heavy atom. The maximum absolute atomic E-state index is 14.2. The number of nitrogens with zero attached hydrogens (tertiary/aromatic N) is 3. The fourth-order valence-electron chi connectivity index (χ4n) is 14.1. The fraction of sp³-hybridized carbons (Fsp3) is 0.472. The molecule has 128 heavy (non-hydrogen) atoms. The molecular formula is C89H117N14O23S2+. The van der Waals surface area contributed by atoms with Crippen LogP contribution >= 0.6 is 21.6 Å². The first-order valence-corrected chi connectivity index (χ1v) is 44.5. The predicted octanol–water partition coefficient (Wildman–Crippen LogP) is 2.95. The number of phenols is 2. The van der Waals surface area contributed by atoms with Crippen molar-refractivity contribution < 1.29 is 112 Å². The molecule has 692 valence electrons. The number of carboxylic acid groups (broad SMARTS) is 3. The van der Waals surface area contributed by atoms with Crippen LogP contribution in [-0.4, -0.2) is 257 Å². The highest BCUT2D eigenvalue weighted by molar-refractivity contribution is 8.76. The van der Waals surface area contributed by atoms with Crippen molar-refractivity contribution >= 4 is 133 Å². The number of amides is 12. The Morgan fingerprint density at radius 3 is 1.82 bits per heavy atom. The number of aliphatic hydroxyl groups is 1. The van der Waals surface area contributed by atoms with Gasteiger partial charge in [0.2, 0.25) is 70.3 Å². The van der Waals surface area contributed by atoms with Gasteiger partial charge in [0.15, 0.2) is 5.78 Å². The summed E-state index contributed by atoms with van der Waals surface area (Å²) in [6, 6.07) is 15.2. The van der Waals surface area contributed by atoms with Crippen molar-refractivity contribution in [3.8, 4) is 33.9 Å². The van der Waals surface area contributed by atoms with Crippen molar-refractivity contribution in [1.29, 1.82) is 0 Å². The van der Waals surface area contributed by atoms with Crippen LogP contribution < -0.4 is 73.3 Å². The average Bonchev–Trinajstić information content (AvgIpc) is 0.895. The van der Waals surface area contributed by atoms with E-state index in [4.69, 9.17) is 4.42 Å². The van der Waals surface area contributed by atoms with Gasteiger partial charge in [-0.15, -0.1) is 0 Å². The Kier molecular flexibility index (Phi) is 39.1. The number of aliphatic carboxylic acids is 2. The molecule has 4 aromatic rings. The Balaban J connectivity index is 0.000000361. The maximum Gasteiger partial charge on any atom is 0.336 e. The van der Waals surface area contributed by atoms with Gasteiger partial charge < -0.3 is 103 Å². The number of fused-ring (bicyclic) bond motifs is 2. The number of Topliss-reactive ketones (excluding diaryl/α,β-unsaturated/α-hetero) is 1. The number of carboxylic acids is 3. The van der Waals surface area contributed by atoms with E-state index >= 15 is 0 Å². The molecule has 1 unspecified atom stereocenters. The third kappa shape index (κ3) is 30.9. The van der Waals surface area contributed by atoms with E-state index in [0.29, 0.717) is 95.3 Å². The second-order valence-corrected chi connectivity index (χ2v) is 35.4. The number of likely N-dealkylation sites (tertiary alicyclic amines) is 1. The topological polar surface area (TPSA) is 549 Å². The third-order valence-corrected chi connectivity index (χ3v) is 23.7. The van der Waals surface area contributed by atoms with Gasteiger partial charge in [-0.25, -0.2) is 9.37 Å². The number of aliphatic hydroxyl groups excluding tert-OH is 1. The molecule has 3 heterocycles. The first-order chi connectivity index (χ1) is 60.5. The number of nitrogens with one attached hydrogen (secondary N) is 11. The van der Waals surface area contributed by atoms with E-state index in [9.17, 15) is 107 Å². The van der Waals surface area contributed by atoms with Crippen molar-refractivity contribution in [3.05, 3.63) is 131 Å². The monoisotopic (exact) mass is 1810 g/mol. The molecule has 8 rings (SSSR count). The van der Waals surface area contributed by atoms with E-state index in [2.05, 4.69) is 58.5 Å². The first-order valence-electron chi connectivity index (χ1n) is 42.0. The number of aromatic carboxylic acids is 1. The summed E-state index contributed by atoms with van der Waals surface area (Å²) in [5.74, 6) is -14.4. The molecule has 0 aromatic heterocycles. The summed E-state index contributed by atoms with van der Waals surface area (Å²) in [6.45, 7) is 11.1. The van der Waals surface area contributed by atoms with Gasteiger partial charge in [0.25, 0.3) is 5.91 Å². The number of rotatable bonds is 31.